The first-order chi connectivity index (χ1) is 13.9. The van der Waals surface area contributed by atoms with Gasteiger partial charge in [-0.1, -0.05) is 12.1 Å². The van der Waals surface area contributed by atoms with Crippen molar-refractivity contribution in [2.75, 3.05) is 11.9 Å². The molecule has 2 heterocycles. The van der Waals surface area contributed by atoms with E-state index in [4.69, 9.17) is 4.74 Å². The van der Waals surface area contributed by atoms with Gasteiger partial charge in [-0.2, -0.15) is 4.98 Å². The highest BCUT2D eigenvalue weighted by molar-refractivity contribution is 7.15. The van der Waals surface area contributed by atoms with Crippen molar-refractivity contribution in [1.82, 2.24) is 14.6 Å². The summed E-state index contributed by atoms with van der Waals surface area (Å²) in [6, 6.07) is 10.1. The van der Waals surface area contributed by atoms with Crippen molar-refractivity contribution in [2.45, 2.75) is 20.8 Å². The summed E-state index contributed by atoms with van der Waals surface area (Å²) in [5, 5.41) is 8.91. The molecule has 0 bridgehead atoms. The SMILES string of the molecule is Cc1ccc(C)c(OCC(=O)Nc2nc3scc(-c4ccc(F)cc4)n3n2)c1C. The second kappa shape index (κ2) is 7.63. The average Bonchev–Trinajstić information content (AvgIpc) is 3.26. The molecule has 148 valence electrons. The Hall–Kier alpha value is -3.26. The molecule has 8 heteroatoms. The number of amides is 1. The number of thiazole rings is 1. The summed E-state index contributed by atoms with van der Waals surface area (Å²) in [6.07, 6.45) is 0. The molecule has 0 unspecified atom stereocenters. The summed E-state index contributed by atoms with van der Waals surface area (Å²) in [4.78, 5) is 17.3. The van der Waals surface area contributed by atoms with Gasteiger partial charge in [-0.05, 0) is 61.7 Å². The van der Waals surface area contributed by atoms with Crippen molar-refractivity contribution in [3.8, 4) is 17.0 Å². The number of nitrogens with one attached hydrogen (secondary N) is 1. The maximum Gasteiger partial charge on any atom is 0.264 e. The van der Waals surface area contributed by atoms with Crippen LogP contribution in [0.25, 0.3) is 16.2 Å². The fourth-order valence-electron chi connectivity index (χ4n) is 3.00. The van der Waals surface area contributed by atoms with E-state index in [2.05, 4.69) is 15.4 Å². The van der Waals surface area contributed by atoms with Crippen LogP contribution in [0, 0.1) is 26.6 Å². The highest BCUT2D eigenvalue weighted by Crippen LogP contribution is 2.27. The molecule has 0 radical (unpaired) electrons. The van der Waals surface area contributed by atoms with Crippen LogP contribution in [0.2, 0.25) is 0 Å². The molecule has 0 aliphatic rings. The molecule has 6 nitrogen and oxygen atoms in total. The van der Waals surface area contributed by atoms with Gasteiger partial charge in [0.25, 0.3) is 11.9 Å². The van der Waals surface area contributed by atoms with Crippen LogP contribution in [-0.4, -0.2) is 27.1 Å². The van der Waals surface area contributed by atoms with Crippen LogP contribution < -0.4 is 10.1 Å². The van der Waals surface area contributed by atoms with Crippen molar-refractivity contribution in [1.29, 1.82) is 0 Å². The standard InChI is InChI=1S/C21H19FN4O2S/c1-12-4-5-13(2)19(14(12)3)28-10-18(27)23-20-24-21-26(25-20)17(11-29-21)15-6-8-16(22)9-7-15/h4-9,11H,10H2,1-3H3,(H,23,25,27). The summed E-state index contributed by atoms with van der Waals surface area (Å²) in [7, 11) is 0. The Morgan fingerprint density at radius 1 is 1.14 bits per heavy atom. The topological polar surface area (TPSA) is 68.5 Å². The van der Waals surface area contributed by atoms with Gasteiger partial charge >= 0.3 is 0 Å². The van der Waals surface area contributed by atoms with Crippen LogP contribution in [0.15, 0.2) is 41.8 Å². The molecule has 4 rings (SSSR count). The number of ether oxygens (including phenoxy) is 1. The second-order valence-electron chi connectivity index (χ2n) is 6.75. The first kappa shape index (κ1) is 19.1. The number of rotatable bonds is 5. The maximum atomic E-state index is 13.2. The van der Waals surface area contributed by atoms with Crippen molar-refractivity contribution in [3.63, 3.8) is 0 Å². The Morgan fingerprint density at radius 3 is 2.62 bits per heavy atom. The highest BCUT2D eigenvalue weighted by Gasteiger charge is 2.15. The number of carbonyl (C=O) groups excluding carboxylic acids is 1. The third-order valence-corrected chi connectivity index (χ3v) is 5.51. The largest absolute Gasteiger partial charge is 0.483 e. The molecule has 0 saturated carbocycles. The monoisotopic (exact) mass is 410 g/mol. The van der Waals surface area contributed by atoms with Gasteiger partial charge in [0.15, 0.2) is 6.61 Å². The van der Waals surface area contributed by atoms with Crippen molar-refractivity contribution in [3.05, 3.63) is 64.3 Å². The number of aryl methyl sites for hydroxylation is 2. The third kappa shape index (κ3) is 3.84. The minimum Gasteiger partial charge on any atom is -0.483 e. The van der Waals surface area contributed by atoms with Crippen LogP contribution in [0.3, 0.4) is 0 Å². The van der Waals surface area contributed by atoms with Gasteiger partial charge in [0.05, 0.1) is 5.69 Å². The zero-order valence-corrected chi connectivity index (χ0v) is 17.0. The number of aromatic nitrogens is 3. The summed E-state index contributed by atoms with van der Waals surface area (Å²) < 4.78 is 20.5. The predicted octanol–water partition coefficient (Wildman–Crippen LogP) is 4.54. The van der Waals surface area contributed by atoms with E-state index in [1.54, 1.807) is 16.6 Å². The number of benzene rings is 2. The van der Waals surface area contributed by atoms with Gasteiger partial charge in [0.2, 0.25) is 4.96 Å². The minimum atomic E-state index is -0.341. The predicted molar refractivity (Wildman–Crippen MR) is 111 cm³/mol. The van der Waals surface area contributed by atoms with Gasteiger partial charge < -0.3 is 4.74 Å². The fraction of sp³-hybridized carbons (Fsp3) is 0.190. The number of fused-ring (bicyclic) bond motifs is 1. The van der Waals surface area contributed by atoms with Gasteiger partial charge in [-0.25, -0.2) is 8.91 Å². The highest BCUT2D eigenvalue weighted by atomic mass is 32.1. The number of nitrogens with zero attached hydrogens (tertiary/aromatic N) is 3. The minimum absolute atomic E-state index is 0.136. The number of anilines is 1. The van der Waals surface area contributed by atoms with Crippen molar-refractivity contribution in [2.24, 2.45) is 0 Å². The Balaban J connectivity index is 1.48. The van der Waals surface area contributed by atoms with Crippen LogP contribution in [0.5, 0.6) is 5.75 Å². The van der Waals surface area contributed by atoms with E-state index in [0.29, 0.717) is 4.96 Å². The number of hydrogen-bond acceptors (Lipinski definition) is 5. The molecule has 2 aromatic heterocycles. The fourth-order valence-corrected chi connectivity index (χ4v) is 3.83. The third-order valence-electron chi connectivity index (χ3n) is 4.69. The molecule has 1 N–H and O–H groups in total. The number of hydrogen-bond donors (Lipinski definition) is 1. The molecule has 29 heavy (non-hydrogen) atoms. The molecule has 4 aromatic rings. The summed E-state index contributed by atoms with van der Waals surface area (Å²) >= 11 is 1.39. The molecule has 0 saturated heterocycles. The molecule has 0 aliphatic heterocycles. The lowest BCUT2D eigenvalue weighted by atomic mass is 10.1. The van der Waals surface area contributed by atoms with E-state index in [9.17, 15) is 9.18 Å². The lowest BCUT2D eigenvalue weighted by Crippen LogP contribution is -2.21. The summed E-state index contributed by atoms with van der Waals surface area (Å²) in [6.45, 7) is 5.78. The van der Waals surface area contributed by atoms with Crippen LogP contribution in [-0.2, 0) is 4.79 Å². The molecular weight excluding hydrogens is 391 g/mol. The first-order valence-corrected chi connectivity index (χ1v) is 9.90. The van der Waals surface area contributed by atoms with E-state index in [1.165, 1.54) is 23.5 Å². The van der Waals surface area contributed by atoms with Gasteiger partial charge in [-0.15, -0.1) is 16.4 Å². The van der Waals surface area contributed by atoms with Crippen molar-refractivity contribution >= 4 is 28.2 Å². The Morgan fingerprint density at radius 2 is 1.86 bits per heavy atom. The van der Waals surface area contributed by atoms with Crippen LogP contribution in [0.4, 0.5) is 10.3 Å². The van der Waals surface area contributed by atoms with E-state index < -0.39 is 0 Å². The Bertz CT molecular complexity index is 1200. The Kier molecular flexibility index (Phi) is 5.02. The van der Waals surface area contributed by atoms with E-state index >= 15 is 0 Å². The smallest absolute Gasteiger partial charge is 0.264 e. The lowest BCUT2D eigenvalue weighted by Gasteiger charge is -2.13. The van der Waals surface area contributed by atoms with Crippen LogP contribution >= 0.6 is 11.3 Å². The lowest BCUT2D eigenvalue weighted by molar-refractivity contribution is -0.118. The maximum absolute atomic E-state index is 13.2. The molecule has 0 aliphatic carbocycles. The normalized spacial score (nSPS) is 11.0. The molecule has 0 fully saturated rings. The second-order valence-corrected chi connectivity index (χ2v) is 7.58. The number of halogens is 1. The molecule has 0 spiro atoms. The molecular formula is C21H19FN4O2S. The quantitative estimate of drug-likeness (QED) is 0.525. The van der Waals surface area contributed by atoms with Gasteiger partial charge in [0.1, 0.15) is 11.6 Å². The molecule has 2 aromatic carbocycles. The zero-order valence-electron chi connectivity index (χ0n) is 16.2. The molecule has 0 atom stereocenters. The first-order valence-electron chi connectivity index (χ1n) is 9.02. The van der Waals surface area contributed by atoms with E-state index in [1.807, 2.05) is 38.3 Å². The van der Waals surface area contributed by atoms with Crippen LogP contribution in [0.1, 0.15) is 16.7 Å². The van der Waals surface area contributed by atoms with Gasteiger partial charge in [0, 0.05) is 10.9 Å². The van der Waals surface area contributed by atoms with Crippen molar-refractivity contribution < 1.29 is 13.9 Å². The van der Waals surface area contributed by atoms with E-state index in [-0.39, 0.29) is 24.3 Å². The van der Waals surface area contributed by atoms with Gasteiger partial charge in [-0.3, -0.25) is 10.1 Å². The number of carbonyl (C=O) groups is 1. The summed E-state index contributed by atoms with van der Waals surface area (Å²) in [5.74, 6) is 0.279. The average molecular weight is 410 g/mol. The summed E-state index contributed by atoms with van der Waals surface area (Å²) in [5.41, 5.74) is 4.69. The van der Waals surface area contributed by atoms with E-state index in [0.717, 1.165) is 33.7 Å². The zero-order chi connectivity index (χ0) is 20.5. The molecule has 1 amide bonds. The Labute approximate surface area is 171 Å².